The first-order valence-corrected chi connectivity index (χ1v) is 11.7. The quantitative estimate of drug-likeness (QED) is 0.421. The Morgan fingerprint density at radius 2 is 1.96 bits per heavy atom. The summed E-state index contributed by atoms with van der Waals surface area (Å²) in [7, 11) is 1.51. The molecule has 0 aromatic carbocycles. The van der Waals surface area contributed by atoms with Crippen LogP contribution in [0.25, 0.3) is 0 Å². The van der Waals surface area contributed by atoms with E-state index in [0.717, 1.165) is 36.0 Å². The van der Waals surface area contributed by atoms with Gasteiger partial charge in [-0.2, -0.15) is 0 Å². The number of fused-ring (bicyclic) bond motifs is 5. The van der Waals surface area contributed by atoms with Gasteiger partial charge in [0.25, 0.3) is 0 Å². The number of hydrogen-bond acceptors (Lipinski definition) is 2. The van der Waals surface area contributed by atoms with Crippen molar-refractivity contribution in [1.82, 2.24) is 0 Å². The van der Waals surface area contributed by atoms with E-state index in [1.165, 1.54) is 58.5 Å². The fourth-order valence-electron chi connectivity index (χ4n) is 8.26. The lowest BCUT2D eigenvalue weighted by molar-refractivity contribution is -0.141. The topological polar surface area (TPSA) is 26.3 Å². The zero-order valence-corrected chi connectivity index (χ0v) is 18.0. The molecule has 0 heterocycles. The second kappa shape index (κ2) is 7.23. The summed E-state index contributed by atoms with van der Waals surface area (Å²) in [6, 6.07) is 0. The molecule has 0 radical (unpaired) electrons. The summed E-state index contributed by atoms with van der Waals surface area (Å²) >= 11 is 0. The van der Waals surface area contributed by atoms with Crippen LogP contribution in [0.3, 0.4) is 0 Å². The van der Waals surface area contributed by atoms with Gasteiger partial charge in [0, 0.05) is 6.42 Å². The smallest absolute Gasteiger partial charge is 0.305 e. The maximum Gasteiger partial charge on any atom is 0.305 e. The fraction of sp³-hybridized carbons (Fsp3) is 0.880. The zero-order chi connectivity index (χ0) is 19.2. The van der Waals surface area contributed by atoms with Crippen molar-refractivity contribution in [2.75, 3.05) is 7.11 Å². The minimum Gasteiger partial charge on any atom is -0.469 e. The molecule has 0 saturated heterocycles. The summed E-state index contributed by atoms with van der Waals surface area (Å²) in [5.74, 6) is 4.82. The van der Waals surface area contributed by atoms with E-state index in [2.05, 4.69) is 32.9 Å². The van der Waals surface area contributed by atoms with Crippen LogP contribution in [0.4, 0.5) is 0 Å². The van der Waals surface area contributed by atoms with E-state index in [1.54, 1.807) is 0 Å². The Balaban J connectivity index is 1.54. The summed E-state index contributed by atoms with van der Waals surface area (Å²) in [6.45, 7) is 7.55. The van der Waals surface area contributed by atoms with E-state index < -0.39 is 0 Å². The number of carbonyl (C=O) groups is 1. The molecule has 4 aliphatic carbocycles. The monoisotopic (exact) mass is 372 g/mol. The third-order valence-corrected chi connectivity index (χ3v) is 9.81. The second-order valence-corrected chi connectivity index (χ2v) is 10.8. The normalized spacial score (nSPS) is 46.9. The van der Waals surface area contributed by atoms with Crippen molar-refractivity contribution in [2.45, 2.75) is 85.0 Å². The van der Waals surface area contributed by atoms with Gasteiger partial charge in [-0.1, -0.05) is 45.8 Å². The van der Waals surface area contributed by atoms with Crippen LogP contribution in [-0.2, 0) is 9.53 Å². The lowest BCUT2D eigenvalue weighted by Crippen LogP contribution is -2.50. The lowest BCUT2D eigenvalue weighted by Gasteiger charge is -2.58. The summed E-state index contributed by atoms with van der Waals surface area (Å²) in [5.41, 5.74) is 0.905. The predicted octanol–water partition coefficient (Wildman–Crippen LogP) is 6.40. The molecule has 2 nitrogen and oxygen atoms in total. The molecule has 0 bridgehead atoms. The summed E-state index contributed by atoms with van der Waals surface area (Å²) in [4.78, 5) is 11.6. The number of carbonyl (C=O) groups excluding carboxylic acids is 1. The van der Waals surface area contributed by atoms with E-state index in [0.29, 0.717) is 23.2 Å². The second-order valence-electron chi connectivity index (χ2n) is 10.8. The van der Waals surface area contributed by atoms with Gasteiger partial charge in [-0.15, -0.1) is 0 Å². The van der Waals surface area contributed by atoms with Crippen molar-refractivity contribution < 1.29 is 9.53 Å². The highest BCUT2D eigenvalue weighted by molar-refractivity contribution is 5.69. The minimum absolute atomic E-state index is 0.0515. The molecule has 152 valence electrons. The Kier molecular flexibility index (Phi) is 5.23. The molecule has 4 rings (SSSR count). The molecule has 3 saturated carbocycles. The maximum atomic E-state index is 11.6. The third kappa shape index (κ3) is 3.10. The van der Waals surface area contributed by atoms with E-state index >= 15 is 0 Å². The first-order valence-electron chi connectivity index (χ1n) is 11.7. The average molecular weight is 373 g/mol. The van der Waals surface area contributed by atoms with Crippen molar-refractivity contribution in [1.29, 1.82) is 0 Å². The maximum absolute atomic E-state index is 11.6. The number of allylic oxidation sites excluding steroid dienone is 2. The first-order chi connectivity index (χ1) is 12.9. The summed E-state index contributed by atoms with van der Waals surface area (Å²) in [5, 5.41) is 0. The molecule has 0 aliphatic heterocycles. The van der Waals surface area contributed by atoms with Gasteiger partial charge in [-0.3, -0.25) is 4.79 Å². The van der Waals surface area contributed by atoms with Crippen LogP contribution in [0.2, 0.25) is 0 Å². The van der Waals surface area contributed by atoms with Crippen LogP contribution in [0.5, 0.6) is 0 Å². The standard InChI is InChI=1S/C25H40O2/c1-17(8-13-23(26)27-4)20-11-12-21-19-10-9-18-7-5-6-15-24(18,2)22(19)14-16-25(20,21)3/h14,16-22H,5-13,15H2,1-4H3/t17-,18-,19+,20-,21+,22+,24+,25-/m1/s1. The Hall–Kier alpha value is -0.790. The molecule has 0 amide bonds. The predicted molar refractivity (Wildman–Crippen MR) is 110 cm³/mol. The Labute approximate surface area is 166 Å². The molecule has 2 heteroatoms. The number of rotatable bonds is 4. The van der Waals surface area contributed by atoms with E-state index in [1.807, 2.05) is 0 Å². The minimum atomic E-state index is -0.0515. The molecule has 8 atom stereocenters. The van der Waals surface area contributed by atoms with Gasteiger partial charge in [-0.05, 0) is 91.3 Å². The van der Waals surface area contributed by atoms with Gasteiger partial charge in [0.05, 0.1) is 7.11 Å². The van der Waals surface area contributed by atoms with Gasteiger partial charge < -0.3 is 4.74 Å². The van der Waals surface area contributed by atoms with E-state index in [4.69, 9.17) is 4.74 Å². The molecule has 3 fully saturated rings. The molecular weight excluding hydrogens is 332 g/mol. The Morgan fingerprint density at radius 1 is 1.15 bits per heavy atom. The van der Waals surface area contributed by atoms with Gasteiger partial charge in [0.2, 0.25) is 0 Å². The zero-order valence-electron chi connectivity index (χ0n) is 18.0. The van der Waals surface area contributed by atoms with Crippen molar-refractivity contribution >= 4 is 5.97 Å². The van der Waals surface area contributed by atoms with Crippen LogP contribution in [0.15, 0.2) is 12.2 Å². The molecule has 0 aromatic heterocycles. The molecule has 0 unspecified atom stereocenters. The SMILES string of the molecule is COC(=O)CC[C@@H](C)[C@H]1CC[C@H]2[C@@H]3CC[C@H]4CCCC[C@]4(C)[C@H]3C=C[C@]12C. The van der Waals surface area contributed by atoms with Crippen LogP contribution >= 0.6 is 0 Å². The van der Waals surface area contributed by atoms with E-state index in [9.17, 15) is 4.79 Å². The van der Waals surface area contributed by atoms with Crippen molar-refractivity contribution in [3.05, 3.63) is 12.2 Å². The number of hydrogen-bond donors (Lipinski definition) is 0. The number of methoxy groups -OCH3 is 1. The first kappa shape index (κ1) is 19.5. The van der Waals surface area contributed by atoms with Crippen molar-refractivity contribution in [3.63, 3.8) is 0 Å². The fourth-order valence-corrected chi connectivity index (χ4v) is 8.26. The number of ether oxygens (including phenoxy) is 1. The van der Waals surface area contributed by atoms with Crippen molar-refractivity contribution in [3.8, 4) is 0 Å². The highest BCUT2D eigenvalue weighted by Gasteiger charge is 2.58. The molecular formula is C25H40O2. The highest BCUT2D eigenvalue weighted by Crippen LogP contribution is 2.66. The van der Waals surface area contributed by atoms with Crippen LogP contribution in [-0.4, -0.2) is 13.1 Å². The average Bonchev–Trinajstić information content (AvgIpc) is 3.02. The Bertz CT molecular complexity index is 595. The molecule has 0 N–H and O–H groups in total. The van der Waals surface area contributed by atoms with Gasteiger partial charge in [0.15, 0.2) is 0 Å². The van der Waals surface area contributed by atoms with Crippen LogP contribution in [0, 0.1) is 46.3 Å². The van der Waals surface area contributed by atoms with Gasteiger partial charge >= 0.3 is 5.97 Å². The Morgan fingerprint density at radius 3 is 2.74 bits per heavy atom. The summed E-state index contributed by atoms with van der Waals surface area (Å²) in [6.07, 6.45) is 18.4. The molecule has 4 aliphatic rings. The molecule has 0 aromatic rings. The lowest BCUT2D eigenvalue weighted by atomic mass is 9.46. The largest absolute Gasteiger partial charge is 0.469 e. The third-order valence-electron chi connectivity index (χ3n) is 9.81. The van der Waals surface area contributed by atoms with Crippen molar-refractivity contribution in [2.24, 2.45) is 46.3 Å². The summed E-state index contributed by atoms with van der Waals surface area (Å²) < 4.78 is 4.87. The van der Waals surface area contributed by atoms with Gasteiger partial charge in [0.1, 0.15) is 0 Å². The van der Waals surface area contributed by atoms with Gasteiger partial charge in [-0.25, -0.2) is 0 Å². The van der Waals surface area contributed by atoms with Crippen LogP contribution in [0.1, 0.15) is 85.0 Å². The van der Waals surface area contributed by atoms with E-state index in [-0.39, 0.29) is 5.97 Å². The van der Waals surface area contributed by atoms with Crippen LogP contribution < -0.4 is 0 Å². The molecule has 27 heavy (non-hydrogen) atoms. The molecule has 0 spiro atoms. The highest BCUT2D eigenvalue weighted by atomic mass is 16.5. The number of esters is 1.